The van der Waals surface area contributed by atoms with Gasteiger partial charge in [0.15, 0.2) is 11.5 Å². The van der Waals surface area contributed by atoms with Crippen LogP contribution in [0.3, 0.4) is 0 Å². The lowest BCUT2D eigenvalue weighted by atomic mass is 10.1. The van der Waals surface area contributed by atoms with Crippen LogP contribution in [-0.4, -0.2) is 48.2 Å². The Balaban J connectivity index is 1.47. The van der Waals surface area contributed by atoms with Crippen LogP contribution >= 0.6 is 11.6 Å². The summed E-state index contributed by atoms with van der Waals surface area (Å²) in [5.74, 6) is -0.950. The van der Waals surface area contributed by atoms with Gasteiger partial charge in [0.1, 0.15) is 11.4 Å². The summed E-state index contributed by atoms with van der Waals surface area (Å²) in [6.07, 6.45) is 5.07. The highest BCUT2D eigenvalue weighted by Gasteiger charge is 2.22. The minimum atomic E-state index is -0.506. The number of carbonyl (C=O) groups is 2. The van der Waals surface area contributed by atoms with Crippen LogP contribution in [-0.2, 0) is 18.3 Å². The van der Waals surface area contributed by atoms with Gasteiger partial charge in [-0.25, -0.2) is 19.7 Å². The van der Waals surface area contributed by atoms with Crippen LogP contribution in [0.5, 0.6) is 0 Å². The first-order valence-corrected chi connectivity index (χ1v) is 12.0. The number of anilines is 1. The van der Waals surface area contributed by atoms with E-state index < -0.39 is 11.9 Å². The van der Waals surface area contributed by atoms with Crippen LogP contribution in [0.15, 0.2) is 55.1 Å². The molecule has 0 fully saturated rings. The first kappa shape index (κ1) is 24.9. The van der Waals surface area contributed by atoms with Gasteiger partial charge in [0.05, 0.1) is 40.9 Å². The largest absolute Gasteiger partial charge is 0.462 e. The molecule has 2 aromatic carbocycles. The van der Waals surface area contributed by atoms with Gasteiger partial charge < -0.3 is 20.4 Å². The maximum absolute atomic E-state index is 13.1. The monoisotopic (exact) mass is 530 g/mol. The maximum Gasteiger partial charge on any atom is 0.338 e. The number of nitrogens with two attached hydrogens (primary N) is 1. The summed E-state index contributed by atoms with van der Waals surface area (Å²) in [6, 6.07) is 10.3. The first-order chi connectivity index (χ1) is 18.3. The topological polar surface area (TPSA) is 154 Å². The molecule has 5 rings (SSSR count). The quantitative estimate of drug-likeness (QED) is 0.269. The third kappa shape index (κ3) is 4.91. The number of rotatable bonds is 7. The number of H-pyrrole nitrogens is 1. The van der Waals surface area contributed by atoms with Gasteiger partial charge in [-0.05, 0) is 36.8 Å². The highest BCUT2D eigenvalue weighted by atomic mass is 35.5. The van der Waals surface area contributed by atoms with Crippen molar-refractivity contribution >= 4 is 40.2 Å². The Labute approximate surface area is 222 Å². The molecule has 0 radical (unpaired) electrons. The second-order valence-electron chi connectivity index (χ2n) is 8.47. The average molecular weight is 531 g/mol. The minimum absolute atomic E-state index is 0.0359. The van der Waals surface area contributed by atoms with Gasteiger partial charge in [0.2, 0.25) is 0 Å². The summed E-state index contributed by atoms with van der Waals surface area (Å²) in [5.41, 5.74) is 10.0. The molecule has 0 saturated heterocycles. The van der Waals surface area contributed by atoms with Gasteiger partial charge in [-0.3, -0.25) is 9.89 Å². The van der Waals surface area contributed by atoms with Crippen molar-refractivity contribution in [2.24, 2.45) is 7.05 Å². The summed E-state index contributed by atoms with van der Waals surface area (Å²) in [5, 5.41) is 10.9. The number of benzene rings is 2. The van der Waals surface area contributed by atoms with Gasteiger partial charge in [0.25, 0.3) is 5.91 Å². The minimum Gasteiger partial charge on any atom is -0.462 e. The van der Waals surface area contributed by atoms with Crippen LogP contribution in [0.1, 0.15) is 33.3 Å². The number of fused-ring (bicyclic) bond motifs is 1. The first-order valence-electron chi connectivity index (χ1n) is 11.7. The van der Waals surface area contributed by atoms with Gasteiger partial charge in [0, 0.05) is 30.7 Å². The molecule has 0 unspecified atom stereocenters. The van der Waals surface area contributed by atoms with Crippen molar-refractivity contribution in [2.75, 3.05) is 12.3 Å². The van der Waals surface area contributed by atoms with Crippen LogP contribution in [0.25, 0.3) is 33.5 Å². The highest BCUT2D eigenvalue weighted by Crippen LogP contribution is 2.34. The van der Waals surface area contributed by atoms with E-state index in [-0.39, 0.29) is 18.1 Å². The Morgan fingerprint density at radius 2 is 1.95 bits per heavy atom. The summed E-state index contributed by atoms with van der Waals surface area (Å²) in [7, 11) is 1.84. The van der Waals surface area contributed by atoms with Crippen LogP contribution in [0.2, 0.25) is 5.02 Å². The van der Waals surface area contributed by atoms with Gasteiger partial charge in [-0.15, -0.1) is 0 Å². The number of esters is 1. The molecule has 0 spiro atoms. The normalized spacial score (nSPS) is 11.0. The fourth-order valence-electron chi connectivity index (χ4n) is 3.92. The van der Waals surface area contributed by atoms with E-state index in [9.17, 15) is 9.59 Å². The van der Waals surface area contributed by atoms with Crippen LogP contribution in [0.4, 0.5) is 5.82 Å². The molecule has 3 heterocycles. The molecule has 192 valence electrons. The Bertz CT molecular complexity index is 1660. The summed E-state index contributed by atoms with van der Waals surface area (Å²) < 4.78 is 6.77. The smallest absolute Gasteiger partial charge is 0.338 e. The number of halogens is 1. The van der Waals surface area contributed by atoms with Crippen molar-refractivity contribution in [3.05, 3.63) is 77.0 Å². The third-order valence-electron chi connectivity index (χ3n) is 5.78. The van der Waals surface area contributed by atoms with E-state index in [1.165, 1.54) is 0 Å². The molecule has 5 aromatic rings. The van der Waals surface area contributed by atoms with Gasteiger partial charge >= 0.3 is 5.97 Å². The molecular weight excluding hydrogens is 508 g/mol. The number of aromatic nitrogens is 6. The van der Waals surface area contributed by atoms with E-state index in [1.807, 2.05) is 13.1 Å². The number of nitrogen functional groups attached to an aromatic ring is 1. The SMILES string of the molecule is CCOC(=O)c1ccc(CNC(=O)c2nc(-c3cc(Cl)c4[nH]ncc4c3)c(-c3cn(C)cn3)nc2N)cc1. The van der Waals surface area contributed by atoms with Crippen molar-refractivity contribution in [3.8, 4) is 22.6 Å². The molecule has 12 heteroatoms. The molecule has 3 aromatic heterocycles. The summed E-state index contributed by atoms with van der Waals surface area (Å²) >= 11 is 6.48. The Morgan fingerprint density at radius 1 is 1.16 bits per heavy atom. The number of aryl methyl sites for hydroxylation is 1. The number of aromatic amines is 1. The van der Waals surface area contributed by atoms with E-state index in [1.54, 1.807) is 60.5 Å². The molecule has 0 aliphatic rings. The number of ether oxygens (including phenoxy) is 1. The molecule has 0 aliphatic carbocycles. The second-order valence-corrected chi connectivity index (χ2v) is 8.88. The van der Waals surface area contributed by atoms with E-state index >= 15 is 0 Å². The number of nitrogens with one attached hydrogen (secondary N) is 2. The van der Waals surface area contributed by atoms with E-state index in [0.29, 0.717) is 45.4 Å². The van der Waals surface area contributed by atoms with Crippen LogP contribution < -0.4 is 11.1 Å². The van der Waals surface area contributed by atoms with E-state index in [2.05, 4.69) is 30.5 Å². The standard InChI is InChI=1S/C26H23ClN8O3/c1-3-38-26(37)15-6-4-14(5-7-15)10-29-25(36)23-24(28)33-22(19-12-35(2)13-30-19)21(32-23)16-8-17-11-31-34-20(17)18(27)9-16/h4-9,11-13H,3,10H2,1-2H3,(H2,28,33)(H,29,36)(H,31,34). The molecule has 0 aliphatic heterocycles. The van der Waals surface area contributed by atoms with Gasteiger partial charge in [-0.2, -0.15) is 5.10 Å². The lowest BCUT2D eigenvalue weighted by Crippen LogP contribution is -2.26. The van der Waals surface area contributed by atoms with Crippen LogP contribution in [0, 0.1) is 0 Å². The fourth-order valence-corrected chi connectivity index (χ4v) is 4.19. The summed E-state index contributed by atoms with van der Waals surface area (Å²) in [4.78, 5) is 38.5. The molecule has 11 nitrogen and oxygen atoms in total. The summed E-state index contributed by atoms with van der Waals surface area (Å²) in [6.45, 7) is 2.23. The van der Waals surface area contributed by atoms with Crippen molar-refractivity contribution in [1.29, 1.82) is 0 Å². The average Bonchev–Trinajstić information content (AvgIpc) is 3.57. The lowest BCUT2D eigenvalue weighted by molar-refractivity contribution is 0.0526. The van der Waals surface area contributed by atoms with Crippen molar-refractivity contribution in [2.45, 2.75) is 13.5 Å². The molecule has 0 atom stereocenters. The zero-order valence-corrected chi connectivity index (χ0v) is 21.3. The maximum atomic E-state index is 13.1. The zero-order chi connectivity index (χ0) is 26.8. The number of imidazole rings is 1. The Kier molecular flexibility index (Phi) is 6.75. The molecule has 0 saturated carbocycles. The molecule has 0 bridgehead atoms. The number of hydrogen-bond donors (Lipinski definition) is 3. The molecule has 4 N–H and O–H groups in total. The van der Waals surface area contributed by atoms with E-state index in [0.717, 1.165) is 10.9 Å². The Morgan fingerprint density at radius 3 is 2.66 bits per heavy atom. The predicted octanol–water partition coefficient (Wildman–Crippen LogP) is 3.76. The van der Waals surface area contributed by atoms with Crippen molar-refractivity contribution in [3.63, 3.8) is 0 Å². The molecule has 38 heavy (non-hydrogen) atoms. The number of carbonyl (C=O) groups excluding carboxylic acids is 2. The lowest BCUT2D eigenvalue weighted by Gasteiger charge is -2.13. The van der Waals surface area contributed by atoms with E-state index in [4.69, 9.17) is 22.1 Å². The number of amides is 1. The zero-order valence-electron chi connectivity index (χ0n) is 20.5. The fraction of sp³-hybridized carbons (Fsp3) is 0.154. The van der Waals surface area contributed by atoms with Crippen molar-refractivity contribution in [1.82, 2.24) is 35.0 Å². The molecular formula is C26H23ClN8O3. The second kappa shape index (κ2) is 10.3. The highest BCUT2D eigenvalue weighted by molar-refractivity contribution is 6.35. The molecule has 1 amide bonds. The predicted molar refractivity (Wildman–Crippen MR) is 142 cm³/mol. The Hall–Kier alpha value is -4.77. The van der Waals surface area contributed by atoms with Crippen molar-refractivity contribution < 1.29 is 14.3 Å². The third-order valence-corrected chi connectivity index (χ3v) is 6.08. The number of nitrogens with zero attached hydrogens (tertiary/aromatic N) is 5. The number of hydrogen-bond acceptors (Lipinski definition) is 8. The van der Waals surface area contributed by atoms with Gasteiger partial charge in [-0.1, -0.05) is 23.7 Å².